The summed E-state index contributed by atoms with van der Waals surface area (Å²) >= 11 is 0. The molecule has 0 unspecified atom stereocenters. The number of rotatable bonds is 7. The summed E-state index contributed by atoms with van der Waals surface area (Å²) in [5.74, 6) is 2.12. The van der Waals surface area contributed by atoms with Gasteiger partial charge in [-0.2, -0.15) is 0 Å². The van der Waals surface area contributed by atoms with Gasteiger partial charge in [0.1, 0.15) is 17.2 Å². The first-order valence-corrected chi connectivity index (χ1v) is 9.67. The lowest BCUT2D eigenvalue weighted by Gasteiger charge is -2.31. The molecule has 6 nitrogen and oxygen atoms in total. The Morgan fingerprint density at radius 2 is 1.57 bits per heavy atom. The zero-order valence-corrected chi connectivity index (χ0v) is 16.1. The number of amides is 2. The Hall–Kier alpha value is -3.02. The van der Waals surface area contributed by atoms with Gasteiger partial charge in [0.2, 0.25) is 5.91 Å². The van der Waals surface area contributed by atoms with Gasteiger partial charge in [0, 0.05) is 25.6 Å². The van der Waals surface area contributed by atoms with E-state index in [0.29, 0.717) is 44.0 Å². The van der Waals surface area contributed by atoms with Crippen molar-refractivity contribution in [3.8, 4) is 17.2 Å². The van der Waals surface area contributed by atoms with E-state index in [1.54, 1.807) is 17.0 Å². The van der Waals surface area contributed by atoms with Crippen molar-refractivity contribution in [3.05, 3.63) is 54.6 Å². The van der Waals surface area contributed by atoms with E-state index >= 15 is 0 Å². The Morgan fingerprint density at radius 1 is 0.964 bits per heavy atom. The first-order valence-electron chi connectivity index (χ1n) is 9.67. The zero-order chi connectivity index (χ0) is 19.8. The molecule has 0 saturated carbocycles. The van der Waals surface area contributed by atoms with Crippen molar-refractivity contribution in [2.75, 3.05) is 26.2 Å². The number of nitrogens with zero attached hydrogens (tertiary/aromatic N) is 1. The summed E-state index contributed by atoms with van der Waals surface area (Å²) < 4.78 is 11.4. The van der Waals surface area contributed by atoms with Crippen LogP contribution in [0.3, 0.4) is 0 Å². The summed E-state index contributed by atoms with van der Waals surface area (Å²) in [5.41, 5.74) is 0. The number of carbonyl (C=O) groups excluding carboxylic acids is 2. The second kappa shape index (κ2) is 9.78. The number of ether oxygens (including phenoxy) is 2. The van der Waals surface area contributed by atoms with Gasteiger partial charge in [-0.05, 0) is 56.2 Å². The SMILES string of the molecule is CCNC(=O)C1CCN(C(=O)COc2ccc(Oc3ccccc3)cc2)CC1. The van der Waals surface area contributed by atoms with Crippen LogP contribution in [0.15, 0.2) is 54.6 Å². The maximum atomic E-state index is 12.4. The van der Waals surface area contributed by atoms with Crippen LogP contribution in [0.25, 0.3) is 0 Å². The number of benzene rings is 2. The first-order chi connectivity index (χ1) is 13.7. The molecule has 1 saturated heterocycles. The zero-order valence-electron chi connectivity index (χ0n) is 16.1. The molecule has 0 aliphatic carbocycles. The van der Waals surface area contributed by atoms with Crippen molar-refractivity contribution in [1.29, 1.82) is 0 Å². The smallest absolute Gasteiger partial charge is 0.260 e. The molecule has 0 radical (unpaired) electrons. The second-order valence-corrected chi connectivity index (χ2v) is 6.72. The van der Waals surface area contributed by atoms with Gasteiger partial charge in [0.05, 0.1) is 0 Å². The summed E-state index contributed by atoms with van der Waals surface area (Å²) in [6, 6.07) is 16.7. The molecule has 6 heteroatoms. The number of piperidine rings is 1. The number of nitrogens with one attached hydrogen (secondary N) is 1. The summed E-state index contributed by atoms with van der Waals surface area (Å²) in [6.45, 7) is 3.72. The Labute approximate surface area is 165 Å². The van der Waals surface area contributed by atoms with Gasteiger partial charge in [-0.3, -0.25) is 9.59 Å². The van der Waals surface area contributed by atoms with Crippen molar-refractivity contribution in [3.63, 3.8) is 0 Å². The highest BCUT2D eigenvalue weighted by Gasteiger charge is 2.27. The van der Waals surface area contributed by atoms with Crippen LogP contribution in [0.2, 0.25) is 0 Å². The molecule has 1 aliphatic rings. The fourth-order valence-electron chi connectivity index (χ4n) is 3.17. The molecule has 1 aliphatic heterocycles. The highest BCUT2D eigenvalue weighted by atomic mass is 16.5. The molecule has 1 N–H and O–H groups in total. The van der Waals surface area contributed by atoms with E-state index in [4.69, 9.17) is 9.47 Å². The third-order valence-electron chi connectivity index (χ3n) is 4.73. The average Bonchev–Trinajstić information content (AvgIpc) is 2.74. The van der Waals surface area contributed by atoms with Crippen LogP contribution in [-0.4, -0.2) is 43.0 Å². The van der Waals surface area contributed by atoms with E-state index in [2.05, 4.69) is 5.32 Å². The van der Waals surface area contributed by atoms with Gasteiger partial charge in [-0.1, -0.05) is 18.2 Å². The molecule has 1 fully saturated rings. The molecule has 0 aromatic heterocycles. The molecule has 0 bridgehead atoms. The minimum atomic E-state index is -0.0565. The topological polar surface area (TPSA) is 67.9 Å². The second-order valence-electron chi connectivity index (χ2n) is 6.72. The van der Waals surface area contributed by atoms with E-state index in [0.717, 1.165) is 5.75 Å². The molecule has 3 rings (SSSR count). The highest BCUT2D eigenvalue weighted by molar-refractivity contribution is 5.80. The summed E-state index contributed by atoms with van der Waals surface area (Å²) in [7, 11) is 0. The van der Waals surface area contributed by atoms with Gasteiger partial charge in [0.25, 0.3) is 5.91 Å². The Balaban J connectivity index is 1.43. The lowest BCUT2D eigenvalue weighted by Crippen LogP contribution is -2.44. The van der Waals surface area contributed by atoms with Gasteiger partial charge < -0.3 is 19.7 Å². The van der Waals surface area contributed by atoms with Crippen LogP contribution < -0.4 is 14.8 Å². The van der Waals surface area contributed by atoms with Gasteiger partial charge >= 0.3 is 0 Å². The molecule has 2 aromatic carbocycles. The fraction of sp³-hybridized carbons (Fsp3) is 0.364. The van der Waals surface area contributed by atoms with Gasteiger partial charge in [0.15, 0.2) is 6.61 Å². The van der Waals surface area contributed by atoms with E-state index in [1.165, 1.54) is 0 Å². The monoisotopic (exact) mass is 382 g/mol. The molecular weight excluding hydrogens is 356 g/mol. The molecule has 0 atom stereocenters. The standard InChI is InChI=1S/C22H26N2O4/c1-2-23-22(26)17-12-14-24(15-13-17)21(25)16-27-18-8-10-20(11-9-18)28-19-6-4-3-5-7-19/h3-11,17H,2,12-16H2,1H3,(H,23,26). The lowest BCUT2D eigenvalue weighted by molar-refractivity contribution is -0.137. The minimum Gasteiger partial charge on any atom is -0.484 e. The Morgan fingerprint density at radius 3 is 2.21 bits per heavy atom. The number of carbonyl (C=O) groups is 2. The van der Waals surface area contributed by atoms with E-state index in [9.17, 15) is 9.59 Å². The summed E-state index contributed by atoms with van der Waals surface area (Å²) in [4.78, 5) is 26.0. The van der Waals surface area contributed by atoms with Crippen molar-refractivity contribution in [1.82, 2.24) is 10.2 Å². The Kier molecular flexibility index (Phi) is 6.89. The molecular formula is C22H26N2O4. The van der Waals surface area contributed by atoms with E-state index in [-0.39, 0.29) is 24.3 Å². The molecule has 28 heavy (non-hydrogen) atoms. The third-order valence-corrected chi connectivity index (χ3v) is 4.73. The van der Waals surface area contributed by atoms with Crippen LogP contribution >= 0.6 is 0 Å². The predicted molar refractivity (Wildman–Crippen MR) is 106 cm³/mol. The van der Waals surface area contributed by atoms with E-state index < -0.39 is 0 Å². The van der Waals surface area contributed by atoms with Crippen LogP contribution in [0, 0.1) is 5.92 Å². The molecule has 1 heterocycles. The number of hydrogen-bond donors (Lipinski definition) is 1. The first kappa shape index (κ1) is 19.7. The molecule has 2 amide bonds. The fourth-order valence-corrected chi connectivity index (χ4v) is 3.17. The summed E-state index contributed by atoms with van der Waals surface area (Å²) in [5, 5.41) is 2.85. The largest absolute Gasteiger partial charge is 0.484 e. The predicted octanol–water partition coefficient (Wildman–Crippen LogP) is 3.23. The third kappa shape index (κ3) is 5.49. The minimum absolute atomic E-state index is 0.00192. The van der Waals surface area contributed by atoms with Crippen molar-refractivity contribution in [2.24, 2.45) is 5.92 Å². The number of hydrogen-bond acceptors (Lipinski definition) is 4. The van der Waals surface area contributed by atoms with Crippen LogP contribution in [-0.2, 0) is 9.59 Å². The Bertz CT molecular complexity index is 769. The summed E-state index contributed by atoms with van der Waals surface area (Å²) in [6.07, 6.45) is 1.40. The molecule has 148 valence electrons. The molecule has 0 spiro atoms. The van der Waals surface area contributed by atoms with Crippen molar-refractivity contribution < 1.29 is 19.1 Å². The van der Waals surface area contributed by atoms with Gasteiger partial charge in [-0.25, -0.2) is 0 Å². The van der Waals surface area contributed by atoms with Crippen molar-refractivity contribution >= 4 is 11.8 Å². The van der Waals surface area contributed by atoms with Crippen LogP contribution in [0.5, 0.6) is 17.2 Å². The van der Waals surface area contributed by atoms with Crippen LogP contribution in [0.4, 0.5) is 0 Å². The van der Waals surface area contributed by atoms with Gasteiger partial charge in [-0.15, -0.1) is 0 Å². The average molecular weight is 382 g/mol. The quantitative estimate of drug-likeness (QED) is 0.798. The van der Waals surface area contributed by atoms with Crippen molar-refractivity contribution in [2.45, 2.75) is 19.8 Å². The normalized spacial score (nSPS) is 14.4. The lowest BCUT2D eigenvalue weighted by atomic mass is 9.96. The van der Waals surface area contributed by atoms with Crippen LogP contribution in [0.1, 0.15) is 19.8 Å². The maximum Gasteiger partial charge on any atom is 0.260 e. The maximum absolute atomic E-state index is 12.4. The molecule has 2 aromatic rings. The number of likely N-dealkylation sites (tertiary alicyclic amines) is 1. The van der Waals surface area contributed by atoms with E-state index in [1.807, 2.05) is 49.4 Å². The highest BCUT2D eigenvalue weighted by Crippen LogP contribution is 2.24. The number of para-hydroxylation sites is 1.